The van der Waals surface area contributed by atoms with Gasteiger partial charge in [0, 0.05) is 12.2 Å². The Bertz CT molecular complexity index is 527. The standard InChI is InChI=1S/C17H27ClN4O/c1-13-6-10-22(11-7-13)9-3-8-20-17(19)21-14-4-5-16(23-2)15(18)12-14/h4-5,12-13H,3,6-11H2,1-2H3,(H3,19,20,21). The van der Waals surface area contributed by atoms with Crippen LogP contribution in [0.1, 0.15) is 26.2 Å². The number of hydrogen-bond acceptors (Lipinski definition) is 3. The molecule has 0 unspecified atom stereocenters. The fraction of sp³-hybridized carbons (Fsp3) is 0.588. The second kappa shape index (κ2) is 8.99. The highest BCUT2D eigenvalue weighted by Gasteiger charge is 2.14. The van der Waals surface area contributed by atoms with Crippen molar-refractivity contribution in [2.24, 2.45) is 16.6 Å². The zero-order valence-corrected chi connectivity index (χ0v) is 14.8. The average Bonchev–Trinajstić information content (AvgIpc) is 2.53. The summed E-state index contributed by atoms with van der Waals surface area (Å²) in [7, 11) is 1.59. The van der Waals surface area contributed by atoms with E-state index in [1.54, 1.807) is 19.2 Å². The molecule has 1 heterocycles. The minimum atomic E-state index is 0.415. The van der Waals surface area contributed by atoms with Crippen molar-refractivity contribution in [2.75, 3.05) is 38.6 Å². The summed E-state index contributed by atoms with van der Waals surface area (Å²) in [5.74, 6) is 1.93. The van der Waals surface area contributed by atoms with E-state index in [9.17, 15) is 0 Å². The topological polar surface area (TPSA) is 62.9 Å². The number of ether oxygens (including phenoxy) is 1. The van der Waals surface area contributed by atoms with Crippen molar-refractivity contribution >= 4 is 23.2 Å². The van der Waals surface area contributed by atoms with Crippen LogP contribution < -0.4 is 15.8 Å². The predicted octanol–water partition coefficient (Wildman–Crippen LogP) is 3.20. The highest BCUT2D eigenvalue weighted by atomic mass is 35.5. The number of halogens is 1. The molecule has 1 saturated heterocycles. The summed E-state index contributed by atoms with van der Waals surface area (Å²) in [5, 5.41) is 3.60. The van der Waals surface area contributed by atoms with Crippen molar-refractivity contribution < 1.29 is 4.74 Å². The molecule has 0 aromatic heterocycles. The van der Waals surface area contributed by atoms with Crippen LogP contribution in [-0.2, 0) is 0 Å². The molecule has 1 aromatic carbocycles. The van der Waals surface area contributed by atoms with Crippen molar-refractivity contribution in [1.82, 2.24) is 4.90 Å². The smallest absolute Gasteiger partial charge is 0.193 e. The van der Waals surface area contributed by atoms with E-state index < -0.39 is 0 Å². The number of anilines is 1. The van der Waals surface area contributed by atoms with Crippen LogP contribution >= 0.6 is 11.6 Å². The third-order valence-corrected chi connectivity index (χ3v) is 4.51. The quantitative estimate of drug-likeness (QED) is 0.475. The lowest BCUT2D eigenvalue weighted by Crippen LogP contribution is -2.34. The zero-order valence-electron chi connectivity index (χ0n) is 14.0. The molecule has 0 saturated carbocycles. The highest BCUT2D eigenvalue weighted by molar-refractivity contribution is 6.32. The summed E-state index contributed by atoms with van der Waals surface area (Å²) < 4.78 is 5.12. The number of piperidine rings is 1. The molecule has 0 amide bonds. The Morgan fingerprint density at radius 1 is 1.43 bits per heavy atom. The average molecular weight is 339 g/mol. The largest absolute Gasteiger partial charge is 0.495 e. The lowest BCUT2D eigenvalue weighted by atomic mass is 9.99. The first-order valence-corrected chi connectivity index (χ1v) is 8.59. The summed E-state index contributed by atoms with van der Waals surface area (Å²) in [6, 6.07) is 5.44. The highest BCUT2D eigenvalue weighted by Crippen LogP contribution is 2.27. The maximum atomic E-state index is 6.08. The number of methoxy groups -OCH3 is 1. The number of guanidine groups is 1. The second-order valence-corrected chi connectivity index (χ2v) is 6.53. The maximum Gasteiger partial charge on any atom is 0.193 e. The van der Waals surface area contributed by atoms with Gasteiger partial charge in [-0.05, 0) is 63.0 Å². The molecule has 5 nitrogen and oxygen atoms in total. The molecule has 1 aliphatic heterocycles. The van der Waals surface area contributed by atoms with Gasteiger partial charge in [-0.2, -0.15) is 0 Å². The summed E-state index contributed by atoms with van der Waals surface area (Å²) in [5.41, 5.74) is 6.72. The van der Waals surface area contributed by atoms with Crippen LogP contribution in [-0.4, -0.2) is 44.1 Å². The van der Waals surface area contributed by atoms with Gasteiger partial charge in [0.25, 0.3) is 0 Å². The van der Waals surface area contributed by atoms with Crippen LogP contribution in [0.25, 0.3) is 0 Å². The number of rotatable bonds is 6. The Kier molecular flexibility index (Phi) is 6.99. The number of nitrogens with two attached hydrogens (primary N) is 1. The molecule has 2 rings (SSSR count). The van der Waals surface area contributed by atoms with Gasteiger partial charge in [0.15, 0.2) is 5.96 Å². The van der Waals surface area contributed by atoms with Gasteiger partial charge in [0.2, 0.25) is 0 Å². The van der Waals surface area contributed by atoms with Crippen molar-refractivity contribution in [3.8, 4) is 5.75 Å². The van der Waals surface area contributed by atoms with E-state index in [1.807, 2.05) is 6.07 Å². The minimum absolute atomic E-state index is 0.415. The summed E-state index contributed by atoms with van der Waals surface area (Å²) in [6.45, 7) is 6.58. The normalized spacial score (nSPS) is 17.3. The van der Waals surface area contributed by atoms with Crippen molar-refractivity contribution in [3.05, 3.63) is 23.2 Å². The molecule has 128 valence electrons. The Labute approximate surface area is 143 Å². The second-order valence-electron chi connectivity index (χ2n) is 6.12. The molecule has 0 radical (unpaired) electrons. The molecule has 23 heavy (non-hydrogen) atoms. The van der Waals surface area contributed by atoms with Gasteiger partial charge in [0.1, 0.15) is 5.75 Å². The molecule has 6 heteroatoms. The monoisotopic (exact) mass is 338 g/mol. The molecule has 0 spiro atoms. The Hall–Kier alpha value is -1.46. The first-order valence-electron chi connectivity index (χ1n) is 8.21. The predicted molar refractivity (Wildman–Crippen MR) is 97.6 cm³/mol. The number of likely N-dealkylation sites (tertiary alicyclic amines) is 1. The number of benzene rings is 1. The van der Waals surface area contributed by atoms with Gasteiger partial charge in [0.05, 0.1) is 12.1 Å². The lowest BCUT2D eigenvalue weighted by Gasteiger charge is -2.29. The van der Waals surface area contributed by atoms with E-state index in [4.69, 9.17) is 22.1 Å². The number of nitrogens with zero attached hydrogens (tertiary/aromatic N) is 2. The Morgan fingerprint density at radius 3 is 2.83 bits per heavy atom. The van der Waals surface area contributed by atoms with Crippen LogP contribution in [0.3, 0.4) is 0 Å². The van der Waals surface area contributed by atoms with Crippen LogP contribution in [0.5, 0.6) is 5.75 Å². The van der Waals surface area contributed by atoms with Crippen LogP contribution in [0.4, 0.5) is 5.69 Å². The van der Waals surface area contributed by atoms with E-state index in [0.29, 0.717) is 16.7 Å². The van der Waals surface area contributed by atoms with E-state index in [-0.39, 0.29) is 0 Å². The summed E-state index contributed by atoms with van der Waals surface area (Å²) in [6.07, 6.45) is 3.65. The minimum Gasteiger partial charge on any atom is -0.495 e. The molecule has 3 N–H and O–H groups in total. The molecule has 1 aliphatic rings. The van der Waals surface area contributed by atoms with Gasteiger partial charge in [-0.25, -0.2) is 0 Å². The number of nitrogens with one attached hydrogen (secondary N) is 1. The van der Waals surface area contributed by atoms with E-state index in [0.717, 1.165) is 31.1 Å². The molecule has 1 fully saturated rings. The molecule has 1 aromatic rings. The third kappa shape index (κ3) is 5.92. The van der Waals surface area contributed by atoms with Crippen molar-refractivity contribution in [3.63, 3.8) is 0 Å². The fourth-order valence-electron chi connectivity index (χ4n) is 2.71. The molecular formula is C17H27ClN4O. The van der Waals surface area contributed by atoms with E-state index >= 15 is 0 Å². The first kappa shape index (κ1) is 17.9. The fourth-order valence-corrected chi connectivity index (χ4v) is 2.97. The van der Waals surface area contributed by atoms with Gasteiger partial charge in [-0.15, -0.1) is 0 Å². The third-order valence-electron chi connectivity index (χ3n) is 4.22. The van der Waals surface area contributed by atoms with Gasteiger partial charge < -0.3 is 20.7 Å². The van der Waals surface area contributed by atoms with Crippen LogP contribution in [0.15, 0.2) is 23.2 Å². The molecule has 0 bridgehead atoms. The van der Waals surface area contributed by atoms with Gasteiger partial charge in [-0.1, -0.05) is 18.5 Å². The van der Waals surface area contributed by atoms with E-state index in [2.05, 4.69) is 22.1 Å². The number of hydrogen-bond donors (Lipinski definition) is 2. The van der Waals surface area contributed by atoms with Gasteiger partial charge in [-0.3, -0.25) is 4.99 Å². The Balaban J connectivity index is 1.72. The van der Waals surface area contributed by atoms with E-state index in [1.165, 1.54) is 25.9 Å². The molecule has 0 atom stereocenters. The molecular weight excluding hydrogens is 312 g/mol. The summed E-state index contributed by atoms with van der Waals surface area (Å²) >= 11 is 6.08. The maximum absolute atomic E-state index is 6.08. The lowest BCUT2D eigenvalue weighted by molar-refractivity contribution is 0.192. The Morgan fingerprint density at radius 2 is 2.17 bits per heavy atom. The SMILES string of the molecule is COc1ccc(NC(N)=NCCCN2CCC(C)CC2)cc1Cl. The van der Waals surface area contributed by atoms with Crippen molar-refractivity contribution in [2.45, 2.75) is 26.2 Å². The van der Waals surface area contributed by atoms with Crippen LogP contribution in [0.2, 0.25) is 5.02 Å². The zero-order chi connectivity index (χ0) is 16.7. The first-order chi connectivity index (χ1) is 11.1. The number of aliphatic imine (C=N–C) groups is 1. The van der Waals surface area contributed by atoms with Crippen LogP contribution in [0, 0.1) is 5.92 Å². The summed E-state index contributed by atoms with van der Waals surface area (Å²) in [4.78, 5) is 6.89. The van der Waals surface area contributed by atoms with Crippen molar-refractivity contribution in [1.29, 1.82) is 0 Å². The molecule has 0 aliphatic carbocycles. The van der Waals surface area contributed by atoms with Gasteiger partial charge >= 0.3 is 0 Å².